The zero-order valence-corrected chi connectivity index (χ0v) is 11.2. The highest BCUT2D eigenvalue weighted by atomic mass is 32.2. The fraction of sp³-hybridized carbons (Fsp3) is 0.818. The van der Waals surface area contributed by atoms with Crippen LogP contribution in [0.3, 0.4) is 0 Å². The third kappa shape index (κ3) is 3.44. The van der Waals surface area contributed by atoms with Crippen LogP contribution in [0.1, 0.15) is 19.3 Å². The van der Waals surface area contributed by atoms with Crippen molar-refractivity contribution in [2.75, 3.05) is 25.1 Å². The van der Waals surface area contributed by atoms with Gasteiger partial charge in [0.2, 0.25) is 11.8 Å². The third-order valence-electron chi connectivity index (χ3n) is 3.33. The van der Waals surface area contributed by atoms with Gasteiger partial charge in [0.1, 0.15) is 15.9 Å². The summed E-state index contributed by atoms with van der Waals surface area (Å²) in [6.07, 6.45) is 3.31. The van der Waals surface area contributed by atoms with Gasteiger partial charge in [0.15, 0.2) is 0 Å². The van der Waals surface area contributed by atoms with E-state index in [1.807, 2.05) is 0 Å². The molecule has 1 N–H and O–H groups in total. The first-order valence-electron chi connectivity index (χ1n) is 6.13. The van der Waals surface area contributed by atoms with Crippen LogP contribution < -0.4 is 5.32 Å². The summed E-state index contributed by atoms with van der Waals surface area (Å²) in [6, 6.07) is -0.445. The quantitative estimate of drug-likeness (QED) is 0.724. The molecule has 2 fully saturated rings. The smallest absolute Gasteiger partial charge is 0.245 e. The molecule has 2 amide bonds. The zero-order chi connectivity index (χ0) is 13.3. The molecular formula is C11H18N2O4S. The maximum atomic E-state index is 12.2. The van der Waals surface area contributed by atoms with Gasteiger partial charge in [-0.25, -0.2) is 8.42 Å². The highest BCUT2D eigenvalue weighted by Crippen LogP contribution is 2.34. The molecule has 0 spiro atoms. The van der Waals surface area contributed by atoms with E-state index in [1.165, 1.54) is 4.90 Å². The van der Waals surface area contributed by atoms with Crippen molar-refractivity contribution >= 4 is 21.7 Å². The van der Waals surface area contributed by atoms with Crippen LogP contribution in [0.4, 0.5) is 0 Å². The molecule has 1 aliphatic carbocycles. The van der Waals surface area contributed by atoms with E-state index < -0.39 is 15.9 Å². The lowest BCUT2D eigenvalue weighted by Crippen LogP contribution is -2.47. The minimum Gasteiger partial charge on any atom is -0.344 e. The number of carbonyl (C=O) groups excluding carboxylic acids is 2. The Labute approximate surface area is 107 Å². The Balaban J connectivity index is 2.04. The first-order chi connectivity index (χ1) is 8.37. The first kappa shape index (κ1) is 13.3. The molecule has 18 heavy (non-hydrogen) atoms. The van der Waals surface area contributed by atoms with Crippen LogP contribution in [0.5, 0.6) is 0 Å². The molecule has 1 heterocycles. The second-order valence-corrected chi connectivity index (χ2v) is 7.35. The molecular weight excluding hydrogens is 256 g/mol. The van der Waals surface area contributed by atoms with Crippen LogP contribution in [-0.2, 0) is 19.4 Å². The number of carbonyl (C=O) groups is 2. The van der Waals surface area contributed by atoms with Gasteiger partial charge in [-0.05, 0) is 18.8 Å². The van der Waals surface area contributed by atoms with Crippen molar-refractivity contribution in [3.8, 4) is 0 Å². The van der Waals surface area contributed by atoms with Gasteiger partial charge in [-0.2, -0.15) is 0 Å². The molecule has 6 nitrogen and oxygen atoms in total. The van der Waals surface area contributed by atoms with Crippen molar-refractivity contribution in [3.05, 3.63) is 0 Å². The number of nitrogens with zero attached hydrogens (tertiary/aromatic N) is 1. The lowest BCUT2D eigenvalue weighted by Gasteiger charge is -2.23. The molecule has 0 radical (unpaired) electrons. The Morgan fingerprint density at radius 1 is 1.33 bits per heavy atom. The van der Waals surface area contributed by atoms with Crippen molar-refractivity contribution in [1.82, 2.24) is 10.2 Å². The average Bonchev–Trinajstić information content (AvgIpc) is 3.06. The molecule has 0 bridgehead atoms. The average molecular weight is 274 g/mol. The van der Waals surface area contributed by atoms with E-state index in [1.54, 1.807) is 0 Å². The molecule has 0 aromatic rings. The van der Waals surface area contributed by atoms with Crippen LogP contribution in [0.2, 0.25) is 0 Å². The summed E-state index contributed by atoms with van der Waals surface area (Å²) < 4.78 is 22.3. The minimum absolute atomic E-state index is 0.0513. The molecule has 0 aromatic carbocycles. The molecule has 1 aliphatic heterocycles. The van der Waals surface area contributed by atoms with Crippen molar-refractivity contribution in [2.24, 2.45) is 5.92 Å². The van der Waals surface area contributed by atoms with Crippen molar-refractivity contribution in [1.29, 1.82) is 0 Å². The predicted molar refractivity (Wildman–Crippen MR) is 65.6 cm³/mol. The Hall–Kier alpha value is -1.11. The van der Waals surface area contributed by atoms with E-state index >= 15 is 0 Å². The molecule has 2 rings (SSSR count). The molecule has 2 aliphatic rings. The van der Waals surface area contributed by atoms with Gasteiger partial charge in [0, 0.05) is 25.8 Å². The van der Waals surface area contributed by atoms with Crippen LogP contribution in [-0.4, -0.2) is 56.3 Å². The molecule has 1 saturated heterocycles. The number of hydrogen-bond donors (Lipinski definition) is 1. The maximum absolute atomic E-state index is 12.2. The van der Waals surface area contributed by atoms with E-state index in [0.717, 1.165) is 19.1 Å². The van der Waals surface area contributed by atoms with Crippen LogP contribution in [0, 0.1) is 5.92 Å². The monoisotopic (exact) mass is 274 g/mol. The van der Waals surface area contributed by atoms with Crippen LogP contribution in [0.15, 0.2) is 0 Å². The molecule has 102 valence electrons. The summed E-state index contributed by atoms with van der Waals surface area (Å²) in [4.78, 5) is 25.2. The Bertz CT molecular complexity index is 456. The Morgan fingerprint density at radius 2 is 2.00 bits per heavy atom. The SMILES string of the molecule is CS(=O)(=O)CCN1CCC(=O)NC(C2CC2)C1=O. The maximum Gasteiger partial charge on any atom is 0.245 e. The number of amides is 2. The Kier molecular flexibility index (Phi) is 3.61. The second-order valence-electron chi connectivity index (χ2n) is 5.09. The van der Waals surface area contributed by atoms with Gasteiger partial charge >= 0.3 is 0 Å². The predicted octanol–water partition coefficient (Wildman–Crippen LogP) is -0.842. The Morgan fingerprint density at radius 3 is 2.56 bits per heavy atom. The first-order valence-corrected chi connectivity index (χ1v) is 8.19. The normalized spacial score (nSPS) is 25.8. The summed E-state index contributed by atoms with van der Waals surface area (Å²) in [6.45, 7) is 0.485. The summed E-state index contributed by atoms with van der Waals surface area (Å²) in [7, 11) is -3.09. The van der Waals surface area contributed by atoms with Gasteiger partial charge in [-0.15, -0.1) is 0 Å². The highest BCUT2D eigenvalue weighted by Gasteiger charge is 2.40. The van der Waals surface area contributed by atoms with Gasteiger partial charge in [0.05, 0.1) is 5.75 Å². The van der Waals surface area contributed by atoms with E-state index in [2.05, 4.69) is 5.32 Å². The van der Waals surface area contributed by atoms with Crippen LogP contribution in [0.25, 0.3) is 0 Å². The lowest BCUT2D eigenvalue weighted by atomic mass is 10.1. The molecule has 1 saturated carbocycles. The zero-order valence-electron chi connectivity index (χ0n) is 10.4. The number of rotatable bonds is 4. The van der Waals surface area contributed by atoms with Gasteiger partial charge in [-0.3, -0.25) is 9.59 Å². The van der Waals surface area contributed by atoms with Crippen molar-refractivity contribution in [2.45, 2.75) is 25.3 Å². The van der Waals surface area contributed by atoms with E-state index in [-0.39, 0.29) is 36.5 Å². The molecule has 0 aromatic heterocycles. The summed E-state index contributed by atoms with van der Waals surface area (Å²) in [5, 5.41) is 2.74. The fourth-order valence-corrected chi connectivity index (χ4v) is 2.65. The fourth-order valence-electron chi connectivity index (χ4n) is 2.10. The number of sulfone groups is 1. The van der Waals surface area contributed by atoms with Gasteiger partial charge < -0.3 is 10.2 Å². The van der Waals surface area contributed by atoms with E-state index in [4.69, 9.17) is 0 Å². The van der Waals surface area contributed by atoms with E-state index in [0.29, 0.717) is 6.54 Å². The largest absolute Gasteiger partial charge is 0.344 e. The number of hydrogen-bond acceptors (Lipinski definition) is 4. The highest BCUT2D eigenvalue weighted by molar-refractivity contribution is 7.90. The van der Waals surface area contributed by atoms with Crippen LogP contribution >= 0.6 is 0 Å². The summed E-state index contributed by atoms with van der Waals surface area (Å²) in [5.41, 5.74) is 0. The van der Waals surface area contributed by atoms with Gasteiger partial charge in [-0.1, -0.05) is 0 Å². The standard InChI is InChI=1S/C11H18N2O4S/c1-18(16,17)7-6-13-5-4-9(14)12-10(11(13)15)8-2-3-8/h8,10H,2-7H2,1H3,(H,12,14). The van der Waals surface area contributed by atoms with E-state index in [9.17, 15) is 18.0 Å². The van der Waals surface area contributed by atoms with Crippen molar-refractivity contribution < 1.29 is 18.0 Å². The molecule has 1 unspecified atom stereocenters. The third-order valence-corrected chi connectivity index (χ3v) is 4.25. The lowest BCUT2D eigenvalue weighted by molar-refractivity contribution is -0.133. The summed E-state index contributed by atoms with van der Waals surface area (Å²) in [5.74, 6) is -0.0704. The summed E-state index contributed by atoms with van der Waals surface area (Å²) >= 11 is 0. The van der Waals surface area contributed by atoms with Crippen molar-refractivity contribution in [3.63, 3.8) is 0 Å². The molecule has 1 atom stereocenters. The second kappa shape index (κ2) is 4.87. The topological polar surface area (TPSA) is 83.6 Å². The van der Waals surface area contributed by atoms with Gasteiger partial charge in [0.25, 0.3) is 0 Å². The molecule has 7 heteroatoms. The number of nitrogens with one attached hydrogen (secondary N) is 1. The minimum atomic E-state index is -3.09.